The minimum absolute atomic E-state index is 0. The number of likely N-dealkylation sites (tertiary alicyclic amines) is 1. The fraction of sp³-hybridized carbons (Fsp3) is 0.611. The van der Waals surface area contributed by atoms with Gasteiger partial charge in [-0.15, -0.1) is 12.4 Å². The fourth-order valence-corrected chi connectivity index (χ4v) is 4.28. The smallest absolute Gasteiger partial charge is 0.159 e. The zero-order valence-electron chi connectivity index (χ0n) is 13.2. The molecule has 2 aliphatic rings. The fourth-order valence-electron chi connectivity index (χ4n) is 3.21. The molecule has 1 saturated carbocycles. The summed E-state index contributed by atoms with van der Waals surface area (Å²) in [5.41, 5.74) is 1.40. The summed E-state index contributed by atoms with van der Waals surface area (Å²) in [6.07, 6.45) is 9.38. The molecule has 4 heteroatoms. The Labute approximate surface area is 145 Å². The van der Waals surface area contributed by atoms with Gasteiger partial charge in [0.25, 0.3) is 0 Å². The van der Waals surface area contributed by atoms with Gasteiger partial charge in [-0.3, -0.25) is 4.99 Å². The molecule has 0 atom stereocenters. The summed E-state index contributed by atoms with van der Waals surface area (Å²) in [6.45, 7) is 2.40. The molecule has 1 saturated heterocycles. The minimum atomic E-state index is 0. The average molecular weight is 339 g/mol. The van der Waals surface area contributed by atoms with Crippen LogP contribution >= 0.6 is 24.2 Å². The predicted molar refractivity (Wildman–Crippen MR) is 100 cm³/mol. The molecule has 0 N–H and O–H groups in total. The Balaban J connectivity index is 0.00000176. The molecule has 0 unspecified atom stereocenters. The Hall–Kier alpha value is -0.670. The number of rotatable bonds is 3. The van der Waals surface area contributed by atoms with E-state index in [1.54, 1.807) is 0 Å². The molecule has 1 aliphatic heterocycles. The number of nitrogens with zero attached hydrogens (tertiary/aromatic N) is 2. The Kier molecular flexibility index (Phi) is 7.61. The second-order valence-electron chi connectivity index (χ2n) is 6.17. The van der Waals surface area contributed by atoms with E-state index < -0.39 is 0 Å². The SMILES string of the molecule is Cl.c1ccc(CSC(=NC2CCCCC2)N2CCCC2)cc1. The maximum absolute atomic E-state index is 5.14. The summed E-state index contributed by atoms with van der Waals surface area (Å²) in [6, 6.07) is 11.4. The molecule has 0 amide bonds. The van der Waals surface area contributed by atoms with E-state index in [0.717, 1.165) is 5.75 Å². The Morgan fingerprint density at radius 3 is 2.36 bits per heavy atom. The van der Waals surface area contributed by atoms with Crippen molar-refractivity contribution in [3.05, 3.63) is 35.9 Å². The maximum Gasteiger partial charge on any atom is 0.159 e. The topological polar surface area (TPSA) is 15.6 Å². The van der Waals surface area contributed by atoms with Gasteiger partial charge >= 0.3 is 0 Å². The number of halogens is 1. The van der Waals surface area contributed by atoms with Crippen LogP contribution in [0.25, 0.3) is 0 Å². The van der Waals surface area contributed by atoms with E-state index in [1.165, 1.54) is 68.8 Å². The summed E-state index contributed by atoms with van der Waals surface area (Å²) < 4.78 is 0. The lowest BCUT2D eigenvalue weighted by molar-refractivity contribution is 0.435. The monoisotopic (exact) mass is 338 g/mol. The first-order valence-electron chi connectivity index (χ1n) is 8.41. The summed E-state index contributed by atoms with van der Waals surface area (Å²) in [4.78, 5) is 7.65. The van der Waals surface area contributed by atoms with Crippen molar-refractivity contribution in [2.24, 2.45) is 4.99 Å². The number of aliphatic imine (C=N–C) groups is 1. The Bertz CT molecular complexity index is 451. The first-order chi connectivity index (χ1) is 10.4. The zero-order chi connectivity index (χ0) is 14.3. The predicted octanol–water partition coefficient (Wildman–Crippen LogP) is 5.13. The Morgan fingerprint density at radius 1 is 1.00 bits per heavy atom. The van der Waals surface area contributed by atoms with E-state index in [2.05, 4.69) is 35.2 Å². The molecular formula is C18H27ClN2S. The highest BCUT2D eigenvalue weighted by atomic mass is 35.5. The van der Waals surface area contributed by atoms with E-state index in [0.29, 0.717) is 6.04 Å². The standard InChI is InChI=1S/C18H26N2S.ClH/c1-3-9-16(10-4-1)15-21-18(20-13-7-8-14-20)19-17-11-5-2-6-12-17;/h1,3-4,9-10,17H,2,5-8,11-15H2;1H. The minimum Gasteiger partial charge on any atom is -0.351 e. The molecule has 1 aliphatic carbocycles. The van der Waals surface area contributed by atoms with Crippen LogP contribution in [-0.4, -0.2) is 29.2 Å². The van der Waals surface area contributed by atoms with Crippen LogP contribution in [0.4, 0.5) is 0 Å². The van der Waals surface area contributed by atoms with Gasteiger partial charge in [-0.25, -0.2) is 0 Å². The molecule has 0 spiro atoms. The number of hydrogen-bond acceptors (Lipinski definition) is 2. The first kappa shape index (κ1) is 17.7. The van der Waals surface area contributed by atoms with Gasteiger partial charge in [0.1, 0.15) is 0 Å². The highest BCUT2D eigenvalue weighted by Crippen LogP contribution is 2.25. The maximum atomic E-state index is 5.14. The second kappa shape index (κ2) is 9.46. The molecule has 22 heavy (non-hydrogen) atoms. The average Bonchev–Trinajstić information content (AvgIpc) is 3.08. The van der Waals surface area contributed by atoms with Crippen LogP contribution in [-0.2, 0) is 5.75 Å². The van der Waals surface area contributed by atoms with Gasteiger partial charge in [0.15, 0.2) is 5.17 Å². The van der Waals surface area contributed by atoms with E-state index in [9.17, 15) is 0 Å². The van der Waals surface area contributed by atoms with E-state index in [4.69, 9.17) is 4.99 Å². The van der Waals surface area contributed by atoms with Crippen molar-refractivity contribution in [2.45, 2.75) is 56.7 Å². The second-order valence-corrected chi connectivity index (χ2v) is 7.11. The van der Waals surface area contributed by atoms with Crippen LogP contribution in [0.1, 0.15) is 50.5 Å². The van der Waals surface area contributed by atoms with Crippen molar-refractivity contribution in [2.75, 3.05) is 13.1 Å². The van der Waals surface area contributed by atoms with Crippen molar-refractivity contribution < 1.29 is 0 Å². The third-order valence-corrected chi connectivity index (χ3v) is 5.55. The largest absolute Gasteiger partial charge is 0.351 e. The molecular weight excluding hydrogens is 312 g/mol. The van der Waals surface area contributed by atoms with Crippen LogP contribution in [0.15, 0.2) is 35.3 Å². The highest BCUT2D eigenvalue weighted by molar-refractivity contribution is 8.13. The number of amidine groups is 1. The van der Waals surface area contributed by atoms with Gasteiger partial charge in [-0.1, -0.05) is 61.4 Å². The molecule has 0 radical (unpaired) electrons. The van der Waals surface area contributed by atoms with Crippen LogP contribution in [0.5, 0.6) is 0 Å². The third-order valence-electron chi connectivity index (χ3n) is 4.46. The number of thioether (sulfide) groups is 1. The van der Waals surface area contributed by atoms with Gasteiger partial charge in [0.05, 0.1) is 6.04 Å². The molecule has 2 fully saturated rings. The number of hydrogen-bond donors (Lipinski definition) is 0. The van der Waals surface area contributed by atoms with Crippen molar-refractivity contribution in [3.63, 3.8) is 0 Å². The number of benzene rings is 1. The van der Waals surface area contributed by atoms with E-state index >= 15 is 0 Å². The van der Waals surface area contributed by atoms with E-state index in [-0.39, 0.29) is 12.4 Å². The molecule has 0 aromatic heterocycles. The molecule has 2 nitrogen and oxygen atoms in total. The van der Waals surface area contributed by atoms with Gasteiger partial charge in [-0.05, 0) is 31.2 Å². The summed E-state index contributed by atoms with van der Waals surface area (Å²) in [5.74, 6) is 1.04. The molecule has 1 heterocycles. The first-order valence-corrected chi connectivity index (χ1v) is 9.40. The highest BCUT2D eigenvalue weighted by Gasteiger charge is 2.20. The van der Waals surface area contributed by atoms with Gasteiger partial charge in [0, 0.05) is 18.8 Å². The third kappa shape index (κ3) is 5.20. The summed E-state index contributed by atoms with van der Waals surface area (Å²) in [5, 5.41) is 1.31. The van der Waals surface area contributed by atoms with Crippen LogP contribution in [0, 0.1) is 0 Å². The molecule has 1 aromatic carbocycles. The van der Waals surface area contributed by atoms with Crippen LogP contribution < -0.4 is 0 Å². The van der Waals surface area contributed by atoms with Gasteiger partial charge in [0.2, 0.25) is 0 Å². The van der Waals surface area contributed by atoms with Crippen molar-refractivity contribution >= 4 is 29.3 Å². The lowest BCUT2D eigenvalue weighted by Gasteiger charge is -2.24. The van der Waals surface area contributed by atoms with Gasteiger partial charge in [-0.2, -0.15) is 0 Å². The molecule has 0 bridgehead atoms. The summed E-state index contributed by atoms with van der Waals surface area (Å²) >= 11 is 1.94. The molecule has 122 valence electrons. The van der Waals surface area contributed by atoms with Crippen LogP contribution in [0.2, 0.25) is 0 Å². The lowest BCUT2D eigenvalue weighted by atomic mass is 9.96. The normalized spacial score (nSPS) is 20.0. The van der Waals surface area contributed by atoms with E-state index in [1.807, 2.05) is 11.8 Å². The van der Waals surface area contributed by atoms with Crippen molar-refractivity contribution in [1.29, 1.82) is 0 Å². The van der Waals surface area contributed by atoms with Crippen LogP contribution in [0.3, 0.4) is 0 Å². The summed E-state index contributed by atoms with van der Waals surface area (Å²) in [7, 11) is 0. The Morgan fingerprint density at radius 2 is 1.68 bits per heavy atom. The van der Waals surface area contributed by atoms with Crippen molar-refractivity contribution in [3.8, 4) is 0 Å². The molecule has 1 aromatic rings. The zero-order valence-corrected chi connectivity index (χ0v) is 14.9. The quantitative estimate of drug-likeness (QED) is 0.561. The van der Waals surface area contributed by atoms with Crippen molar-refractivity contribution in [1.82, 2.24) is 4.90 Å². The van der Waals surface area contributed by atoms with Gasteiger partial charge < -0.3 is 4.90 Å². The molecule has 3 rings (SSSR count). The lowest BCUT2D eigenvalue weighted by Crippen LogP contribution is -2.27.